The van der Waals surface area contributed by atoms with E-state index in [1.165, 1.54) is 16.7 Å². The lowest BCUT2D eigenvalue weighted by Crippen LogP contribution is -2.34. The van der Waals surface area contributed by atoms with Gasteiger partial charge in [0.1, 0.15) is 5.82 Å². The van der Waals surface area contributed by atoms with Crippen molar-refractivity contribution < 1.29 is 0 Å². The van der Waals surface area contributed by atoms with E-state index >= 15 is 0 Å². The van der Waals surface area contributed by atoms with Crippen LogP contribution in [0.2, 0.25) is 5.02 Å². The fraction of sp³-hybridized carbons (Fsp3) is 0.412. The maximum Gasteiger partial charge on any atom is 0.148 e. The average Bonchev–Trinajstić information content (AvgIpc) is 2.51. The molecule has 0 saturated heterocycles. The Bertz CT molecular complexity index is 672. The number of rotatable bonds is 4. The number of anilines is 1. The predicted molar refractivity (Wildman–Crippen MR) is 90.4 cm³/mol. The molecule has 4 nitrogen and oxygen atoms in total. The predicted octanol–water partition coefficient (Wildman–Crippen LogP) is 3.22. The Balaban J connectivity index is 1.54. The van der Waals surface area contributed by atoms with Crippen molar-refractivity contribution in [2.45, 2.75) is 26.8 Å². The molecule has 0 spiro atoms. The van der Waals surface area contributed by atoms with Gasteiger partial charge in [-0.1, -0.05) is 23.7 Å². The highest BCUT2D eigenvalue weighted by atomic mass is 35.5. The quantitative estimate of drug-likeness (QED) is 0.940. The van der Waals surface area contributed by atoms with Crippen molar-refractivity contribution in [3.05, 3.63) is 51.7 Å². The van der Waals surface area contributed by atoms with Gasteiger partial charge in [-0.25, -0.2) is 0 Å². The van der Waals surface area contributed by atoms with Gasteiger partial charge in [0, 0.05) is 31.2 Å². The molecule has 1 aromatic carbocycles. The number of nitrogens with zero attached hydrogens (tertiary/aromatic N) is 3. The van der Waals surface area contributed by atoms with Crippen LogP contribution < -0.4 is 5.32 Å². The van der Waals surface area contributed by atoms with Gasteiger partial charge in [-0.2, -0.15) is 5.10 Å². The van der Waals surface area contributed by atoms with E-state index in [0.717, 1.165) is 49.1 Å². The molecule has 1 N–H and O–H groups in total. The van der Waals surface area contributed by atoms with E-state index in [2.05, 4.69) is 33.4 Å². The lowest BCUT2D eigenvalue weighted by atomic mass is 10.00. The summed E-state index contributed by atoms with van der Waals surface area (Å²) in [4.78, 5) is 2.44. The summed E-state index contributed by atoms with van der Waals surface area (Å²) in [6.45, 7) is 7.91. The molecule has 5 heteroatoms. The summed E-state index contributed by atoms with van der Waals surface area (Å²) < 4.78 is 0. The second-order valence-corrected chi connectivity index (χ2v) is 6.24. The first-order valence-electron chi connectivity index (χ1n) is 7.67. The topological polar surface area (TPSA) is 41.0 Å². The van der Waals surface area contributed by atoms with Crippen LogP contribution in [0, 0.1) is 13.8 Å². The van der Waals surface area contributed by atoms with Crippen molar-refractivity contribution >= 4 is 17.4 Å². The minimum Gasteiger partial charge on any atom is -0.367 e. The van der Waals surface area contributed by atoms with Crippen LogP contribution in [0.1, 0.15) is 22.4 Å². The number of hydrogen-bond acceptors (Lipinski definition) is 4. The van der Waals surface area contributed by atoms with Gasteiger partial charge in [0.25, 0.3) is 0 Å². The highest BCUT2D eigenvalue weighted by Gasteiger charge is 2.17. The fourth-order valence-corrected chi connectivity index (χ4v) is 3.08. The molecule has 0 unspecified atom stereocenters. The third kappa shape index (κ3) is 3.39. The lowest BCUT2D eigenvalue weighted by molar-refractivity contribution is 0.264. The summed E-state index contributed by atoms with van der Waals surface area (Å²) in [7, 11) is 0. The minimum absolute atomic E-state index is 0.851. The number of fused-ring (bicyclic) bond motifs is 1. The summed E-state index contributed by atoms with van der Waals surface area (Å²) >= 11 is 6.26. The molecule has 22 heavy (non-hydrogen) atoms. The molecule has 1 aliphatic rings. The van der Waals surface area contributed by atoms with Crippen LogP contribution in [0.5, 0.6) is 0 Å². The van der Waals surface area contributed by atoms with Gasteiger partial charge in [-0.3, -0.25) is 4.90 Å². The number of aryl methyl sites for hydroxylation is 2. The van der Waals surface area contributed by atoms with Crippen molar-refractivity contribution in [2.24, 2.45) is 0 Å². The van der Waals surface area contributed by atoms with Crippen molar-refractivity contribution in [2.75, 3.05) is 25.0 Å². The molecule has 116 valence electrons. The van der Waals surface area contributed by atoms with E-state index in [-0.39, 0.29) is 0 Å². The molecule has 0 amide bonds. The van der Waals surface area contributed by atoms with Gasteiger partial charge in [0.05, 0.1) is 5.69 Å². The van der Waals surface area contributed by atoms with Gasteiger partial charge in [0.2, 0.25) is 0 Å². The Kier molecular flexibility index (Phi) is 4.60. The molecule has 0 fully saturated rings. The van der Waals surface area contributed by atoms with E-state index in [4.69, 9.17) is 11.6 Å². The summed E-state index contributed by atoms with van der Waals surface area (Å²) in [5, 5.41) is 12.6. The van der Waals surface area contributed by atoms with Crippen molar-refractivity contribution in [3.63, 3.8) is 0 Å². The van der Waals surface area contributed by atoms with Gasteiger partial charge in [0.15, 0.2) is 0 Å². The second-order valence-electron chi connectivity index (χ2n) is 5.83. The summed E-state index contributed by atoms with van der Waals surface area (Å²) in [5.41, 5.74) is 4.81. The Hall–Kier alpha value is -1.65. The zero-order chi connectivity index (χ0) is 15.5. The largest absolute Gasteiger partial charge is 0.367 e. The van der Waals surface area contributed by atoms with Crippen LogP contribution in [0.15, 0.2) is 24.3 Å². The second kappa shape index (κ2) is 6.63. The van der Waals surface area contributed by atoms with Crippen molar-refractivity contribution in [3.8, 4) is 0 Å². The molecule has 2 aromatic rings. The lowest BCUT2D eigenvalue weighted by Gasteiger charge is -2.29. The highest BCUT2D eigenvalue weighted by Crippen LogP contribution is 2.25. The zero-order valence-electron chi connectivity index (χ0n) is 13.1. The summed E-state index contributed by atoms with van der Waals surface area (Å²) in [5.74, 6) is 0.851. The van der Waals surface area contributed by atoms with E-state index in [1.807, 2.05) is 25.1 Å². The standard InChI is InChI=1S/C17H21ClN4/c1-12-10-17(21-20-13(12)2)19-7-9-22-8-6-15-14(11-22)4-3-5-16(15)18/h3-5,10H,6-9,11H2,1-2H3,(H,19,21). The van der Waals surface area contributed by atoms with Crippen LogP contribution in [0.3, 0.4) is 0 Å². The monoisotopic (exact) mass is 316 g/mol. The third-order valence-electron chi connectivity index (χ3n) is 4.25. The van der Waals surface area contributed by atoms with E-state index in [1.54, 1.807) is 0 Å². The van der Waals surface area contributed by atoms with Gasteiger partial charge >= 0.3 is 0 Å². The zero-order valence-corrected chi connectivity index (χ0v) is 13.8. The van der Waals surface area contributed by atoms with Crippen LogP contribution in [-0.4, -0.2) is 34.7 Å². The molecule has 0 bridgehead atoms. The van der Waals surface area contributed by atoms with Crippen LogP contribution in [-0.2, 0) is 13.0 Å². The number of halogens is 1. The minimum atomic E-state index is 0.851. The van der Waals surface area contributed by atoms with E-state index in [9.17, 15) is 0 Å². The Morgan fingerprint density at radius 2 is 2.14 bits per heavy atom. The van der Waals surface area contributed by atoms with E-state index in [0.29, 0.717) is 0 Å². The number of aromatic nitrogens is 2. The Morgan fingerprint density at radius 1 is 1.27 bits per heavy atom. The molecule has 2 heterocycles. The number of hydrogen-bond donors (Lipinski definition) is 1. The summed E-state index contributed by atoms with van der Waals surface area (Å²) in [6.07, 6.45) is 1.03. The first-order valence-corrected chi connectivity index (χ1v) is 8.04. The average molecular weight is 317 g/mol. The first-order chi connectivity index (χ1) is 10.6. The van der Waals surface area contributed by atoms with E-state index < -0.39 is 0 Å². The van der Waals surface area contributed by atoms with Crippen LogP contribution in [0.4, 0.5) is 5.82 Å². The number of benzene rings is 1. The van der Waals surface area contributed by atoms with Gasteiger partial charge in [-0.05, 0) is 49.1 Å². The number of nitrogens with one attached hydrogen (secondary N) is 1. The highest BCUT2D eigenvalue weighted by molar-refractivity contribution is 6.31. The maximum atomic E-state index is 6.26. The normalized spacial score (nSPS) is 14.7. The fourth-order valence-electron chi connectivity index (χ4n) is 2.79. The van der Waals surface area contributed by atoms with Crippen LogP contribution >= 0.6 is 11.6 Å². The molecular formula is C17H21ClN4. The molecule has 3 rings (SSSR count). The van der Waals surface area contributed by atoms with Crippen molar-refractivity contribution in [1.82, 2.24) is 15.1 Å². The van der Waals surface area contributed by atoms with Gasteiger partial charge in [-0.15, -0.1) is 5.10 Å². The maximum absolute atomic E-state index is 6.26. The molecular weight excluding hydrogens is 296 g/mol. The molecule has 1 aromatic heterocycles. The third-order valence-corrected chi connectivity index (χ3v) is 4.61. The van der Waals surface area contributed by atoms with Gasteiger partial charge < -0.3 is 5.32 Å². The first kappa shape index (κ1) is 15.3. The SMILES string of the molecule is Cc1cc(NCCN2CCc3c(Cl)cccc3C2)nnc1C. The Morgan fingerprint density at radius 3 is 2.95 bits per heavy atom. The molecule has 0 atom stereocenters. The summed E-state index contributed by atoms with van der Waals surface area (Å²) in [6, 6.07) is 8.24. The van der Waals surface area contributed by atoms with Crippen LogP contribution in [0.25, 0.3) is 0 Å². The smallest absolute Gasteiger partial charge is 0.148 e. The Labute approximate surface area is 136 Å². The van der Waals surface area contributed by atoms with Crippen molar-refractivity contribution in [1.29, 1.82) is 0 Å². The molecule has 1 aliphatic heterocycles. The molecule has 0 saturated carbocycles. The molecule has 0 aliphatic carbocycles. The molecule has 0 radical (unpaired) electrons.